The minimum absolute atomic E-state index is 0.444. The zero-order chi connectivity index (χ0) is 8.27. The molecule has 0 radical (unpaired) electrons. The highest BCUT2D eigenvalue weighted by Gasteiger charge is 2.10. The molecule has 2 N–H and O–H groups in total. The first-order chi connectivity index (χ1) is 5.25. The Labute approximate surface area is 74.0 Å². The van der Waals surface area contributed by atoms with Crippen LogP contribution in [-0.4, -0.2) is 18.0 Å². The third-order valence-electron chi connectivity index (χ3n) is 1.22. The third kappa shape index (κ3) is 1.88. The average Bonchev–Trinajstić information content (AvgIpc) is 1.97. The molecule has 0 saturated heterocycles. The van der Waals surface area contributed by atoms with E-state index in [4.69, 9.17) is 28.4 Å². The number of oxime groups is 1. The lowest BCUT2D eigenvalue weighted by atomic mass is 10.2. The van der Waals surface area contributed by atoms with Crippen molar-refractivity contribution in [3.05, 3.63) is 21.8 Å². The summed E-state index contributed by atoms with van der Waals surface area (Å²) in [5.74, 6) is 0. The van der Waals surface area contributed by atoms with Crippen molar-refractivity contribution in [1.29, 1.82) is 0 Å². The Morgan fingerprint density at radius 2 is 2.36 bits per heavy atom. The Bertz CT molecular complexity index is 245. The second-order valence-corrected chi connectivity index (χ2v) is 2.80. The van der Waals surface area contributed by atoms with Crippen molar-refractivity contribution in [2.45, 2.75) is 0 Å². The molecule has 0 aromatic heterocycles. The number of dihydropyridines is 1. The fourth-order valence-corrected chi connectivity index (χ4v) is 1.24. The van der Waals surface area contributed by atoms with Gasteiger partial charge < -0.3 is 10.5 Å². The average molecular weight is 193 g/mol. The van der Waals surface area contributed by atoms with Crippen molar-refractivity contribution in [2.24, 2.45) is 5.16 Å². The smallest absolute Gasteiger partial charge is 0.0761 e. The standard InChI is InChI=1S/C6H6Cl2N2O/c7-5-2-9-3-6(8)4(5)1-10-11/h1-2,9,11H,3H2/b10-1+. The monoisotopic (exact) mass is 192 g/mol. The second kappa shape index (κ2) is 3.64. The summed E-state index contributed by atoms with van der Waals surface area (Å²) in [5.41, 5.74) is 0.551. The van der Waals surface area contributed by atoms with Crippen molar-refractivity contribution in [3.8, 4) is 0 Å². The third-order valence-corrected chi connectivity index (χ3v) is 1.87. The highest BCUT2D eigenvalue weighted by Crippen LogP contribution is 2.21. The van der Waals surface area contributed by atoms with Crippen molar-refractivity contribution in [1.82, 2.24) is 5.32 Å². The van der Waals surface area contributed by atoms with Gasteiger partial charge in [0.15, 0.2) is 0 Å². The van der Waals surface area contributed by atoms with E-state index in [-0.39, 0.29) is 0 Å². The molecule has 0 fully saturated rings. The molecule has 60 valence electrons. The molecule has 3 nitrogen and oxygen atoms in total. The molecule has 11 heavy (non-hydrogen) atoms. The zero-order valence-corrected chi connectivity index (χ0v) is 7.02. The number of rotatable bonds is 1. The maximum absolute atomic E-state index is 8.22. The molecule has 0 aliphatic carbocycles. The number of hydrogen-bond donors (Lipinski definition) is 2. The van der Waals surface area contributed by atoms with E-state index in [1.807, 2.05) is 0 Å². The van der Waals surface area contributed by atoms with Crippen LogP contribution in [0.4, 0.5) is 0 Å². The maximum atomic E-state index is 8.22. The van der Waals surface area contributed by atoms with E-state index >= 15 is 0 Å². The second-order valence-electron chi connectivity index (χ2n) is 1.94. The van der Waals surface area contributed by atoms with E-state index < -0.39 is 0 Å². The van der Waals surface area contributed by atoms with Crippen molar-refractivity contribution < 1.29 is 5.21 Å². The van der Waals surface area contributed by atoms with Crippen molar-refractivity contribution >= 4 is 29.4 Å². The van der Waals surface area contributed by atoms with Gasteiger partial charge in [0.1, 0.15) is 0 Å². The first-order valence-corrected chi connectivity index (χ1v) is 3.67. The number of allylic oxidation sites excluding steroid dienone is 2. The van der Waals surface area contributed by atoms with Gasteiger partial charge in [-0.05, 0) is 0 Å². The number of nitrogens with zero attached hydrogens (tertiary/aromatic N) is 1. The van der Waals surface area contributed by atoms with Gasteiger partial charge in [-0.1, -0.05) is 28.4 Å². The number of halogens is 2. The van der Waals surface area contributed by atoms with E-state index in [0.717, 1.165) is 0 Å². The van der Waals surface area contributed by atoms with Crippen LogP contribution in [0, 0.1) is 0 Å². The van der Waals surface area contributed by atoms with Gasteiger partial charge in [0.2, 0.25) is 0 Å². The van der Waals surface area contributed by atoms with E-state index in [1.54, 1.807) is 6.20 Å². The van der Waals surface area contributed by atoms with E-state index in [1.165, 1.54) is 6.21 Å². The molecule has 0 aromatic carbocycles. The van der Waals surface area contributed by atoms with Crippen LogP contribution in [0.5, 0.6) is 0 Å². The van der Waals surface area contributed by atoms with Crippen LogP contribution in [0.25, 0.3) is 0 Å². The largest absolute Gasteiger partial charge is 0.411 e. The van der Waals surface area contributed by atoms with Gasteiger partial charge in [0, 0.05) is 16.8 Å². The lowest BCUT2D eigenvalue weighted by Crippen LogP contribution is -2.15. The molecule has 0 saturated carbocycles. The van der Waals surface area contributed by atoms with Gasteiger partial charge in [-0.25, -0.2) is 0 Å². The molecule has 1 heterocycles. The molecular formula is C6H6Cl2N2O. The Morgan fingerprint density at radius 3 is 2.91 bits per heavy atom. The topological polar surface area (TPSA) is 44.6 Å². The Balaban J connectivity index is 2.94. The van der Waals surface area contributed by atoms with Crippen LogP contribution in [-0.2, 0) is 0 Å². The van der Waals surface area contributed by atoms with Gasteiger partial charge in [-0.15, -0.1) is 0 Å². The quantitative estimate of drug-likeness (QED) is 0.377. The molecule has 1 aliphatic heterocycles. The molecule has 0 aromatic rings. The Kier molecular flexibility index (Phi) is 2.79. The predicted molar refractivity (Wildman–Crippen MR) is 45.1 cm³/mol. The first kappa shape index (κ1) is 8.43. The highest BCUT2D eigenvalue weighted by molar-refractivity contribution is 6.39. The van der Waals surface area contributed by atoms with Crippen LogP contribution >= 0.6 is 23.2 Å². The summed E-state index contributed by atoms with van der Waals surface area (Å²) in [7, 11) is 0. The predicted octanol–water partition coefficient (Wildman–Crippen LogP) is 1.62. The highest BCUT2D eigenvalue weighted by atomic mass is 35.5. The summed E-state index contributed by atoms with van der Waals surface area (Å²) < 4.78 is 0. The Morgan fingerprint density at radius 1 is 1.64 bits per heavy atom. The molecular weight excluding hydrogens is 187 g/mol. The van der Waals surface area contributed by atoms with Crippen LogP contribution in [0.3, 0.4) is 0 Å². The number of nitrogens with one attached hydrogen (secondary N) is 1. The first-order valence-electron chi connectivity index (χ1n) is 2.91. The van der Waals surface area contributed by atoms with E-state index in [0.29, 0.717) is 22.2 Å². The summed E-state index contributed by atoms with van der Waals surface area (Å²) >= 11 is 11.5. The SMILES string of the molecule is O/N=C/C1=C(Cl)CNC=C1Cl. The summed E-state index contributed by atoms with van der Waals surface area (Å²) in [6.45, 7) is 0.513. The van der Waals surface area contributed by atoms with Gasteiger partial charge in [0.25, 0.3) is 0 Å². The van der Waals surface area contributed by atoms with Crippen molar-refractivity contribution in [2.75, 3.05) is 6.54 Å². The summed E-state index contributed by atoms with van der Waals surface area (Å²) in [6.07, 6.45) is 2.81. The van der Waals surface area contributed by atoms with E-state index in [2.05, 4.69) is 10.5 Å². The van der Waals surface area contributed by atoms with Crippen LogP contribution in [0.1, 0.15) is 0 Å². The van der Waals surface area contributed by atoms with Crippen LogP contribution in [0.15, 0.2) is 27.0 Å². The minimum atomic E-state index is 0.444. The fourth-order valence-electron chi connectivity index (χ4n) is 0.722. The van der Waals surface area contributed by atoms with Gasteiger partial charge in [-0.2, -0.15) is 0 Å². The lowest BCUT2D eigenvalue weighted by molar-refractivity contribution is 0.322. The molecule has 1 rings (SSSR count). The summed E-state index contributed by atoms with van der Waals surface area (Å²) in [5, 5.41) is 14.9. The fraction of sp³-hybridized carbons (Fsp3) is 0.167. The molecule has 5 heteroatoms. The molecule has 0 spiro atoms. The van der Waals surface area contributed by atoms with Crippen LogP contribution < -0.4 is 5.32 Å². The van der Waals surface area contributed by atoms with E-state index in [9.17, 15) is 0 Å². The van der Waals surface area contributed by atoms with Crippen LogP contribution in [0.2, 0.25) is 0 Å². The lowest BCUT2D eigenvalue weighted by Gasteiger charge is -2.11. The number of hydrogen-bond acceptors (Lipinski definition) is 3. The van der Waals surface area contributed by atoms with Gasteiger partial charge in [0.05, 0.1) is 17.8 Å². The van der Waals surface area contributed by atoms with Gasteiger partial charge >= 0.3 is 0 Å². The molecule has 0 atom stereocenters. The zero-order valence-electron chi connectivity index (χ0n) is 5.51. The van der Waals surface area contributed by atoms with Gasteiger partial charge in [-0.3, -0.25) is 0 Å². The normalized spacial score (nSPS) is 18.5. The summed E-state index contributed by atoms with van der Waals surface area (Å²) in [6, 6.07) is 0. The van der Waals surface area contributed by atoms with Crippen molar-refractivity contribution in [3.63, 3.8) is 0 Å². The summed E-state index contributed by atoms with van der Waals surface area (Å²) in [4.78, 5) is 0. The molecule has 0 amide bonds. The molecule has 0 bridgehead atoms. The Hall–Kier alpha value is -0.670. The molecule has 1 aliphatic rings. The minimum Gasteiger partial charge on any atom is -0.411 e. The maximum Gasteiger partial charge on any atom is 0.0761 e. The molecule has 0 unspecified atom stereocenters.